The van der Waals surface area contributed by atoms with Crippen LogP contribution in [0.15, 0.2) is 42.7 Å². The van der Waals surface area contributed by atoms with E-state index in [0.717, 1.165) is 13.0 Å². The van der Waals surface area contributed by atoms with E-state index in [2.05, 4.69) is 32.8 Å². The number of likely N-dealkylation sites (tertiary alicyclic amines) is 1. The molecule has 1 fully saturated rings. The Kier molecular flexibility index (Phi) is 7.04. The maximum Gasteiger partial charge on any atom is 0.238 e. The van der Waals surface area contributed by atoms with Crippen molar-refractivity contribution in [3.8, 4) is 0 Å². The minimum atomic E-state index is -0.0663. The second-order valence-corrected chi connectivity index (χ2v) is 8.26. The average molecular weight is 398 g/mol. The number of hydrogen-bond donors (Lipinski definition) is 2. The zero-order valence-corrected chi connectivity index (χ0v) is 17.5. The van der Waals surface area contributed by atoms with Gasteiger partial charge in [-0.2, -0.15) is 5.10 Å². The van der Waals surface area contributed by atoms with Gasteiger partial charge < -0.3 is 10.6 Å². The molecule has 0 spiro atoms. The Balaban J connectivity index is 1.64. The molecule has 2 N–H and O–H groups in total. The first-order valence-corrected chi connectivity index (χ1v) is 10.3. The van der Waals surface area contributed by atoms with Gasteiger partial charge in [0.25, 0.3) is 0 Å². The van der Waals surface area contributed by atoms with E-state index in [-0.39, 0.29) is 23.8 Å². The lowest BCUT2D eigenvalue weighted by Crippen LogP contribution is -2.53. The summed E-state index contributed by atoms with van der Waals surface area (Å²) in [5.41, 5.74) is 1.93. The lowest BCUT2D eigenvalue weighted by molar-refractivity contribution is -0.123. The second-order valence-electron chi connectivity index (χ2n) is 8.26. The third-order valence-corrected chi connectivity index (χ3v) is 5.22. The van der Waals surface area contributed by atoms with Crippen LogP contribution in [0.4, 0.5) is 5.69 Å². The number of nitrogens with zero attached hydrogens (tertiary/aromatic N) is 3. The number of amides is 2. The van der Waals surface area contributed by atoms with Crippen LogP contribution in [0.5, 0.6) is 0 Å². The molecule has 0 unspecified atom stereocenters. The van der Waals surface area contributed by atoms with Crippen LogP contribution >= 0.6 is 0 Å². The van der Waals surface area contributed by atoms with Crippen LogP contribution in [0.1, 0.15) is 38.2 Å². The fourth-order valence-electron chi connectivity index (χ4n) is 3.93. The summed E-state index contributed by atoms with van der Waals surface area (Å²) in [6.07, 6.45) is 4.82. The Morgan fingerprint density at radius 1 is 1.21 bits per heavy atom. The van der Waals surface area contributed by atoms with Crippen molar-refractivity contribution in [1.29, 1.82) is 0 Å². The maximum absolute atomic E-state index is 12.5. The zero-order valence-electron chi connectivity index (χ0n) is 17.5. The number of rotatable bonds is 7. The Labute approximate surface area is 172 Å². The highest BCUT2D eigenvalue weighted by atomic mass is 16.2. The van der Waals surface area contributed by atoms with Crippen LogP contribution in [0.3, 0.4) is 0 Å². The van der Waals surface area contributed by atoms with Crippen LogP contribution in [-0.2, 0) is 16.6 Å². The number of hydrogen-bond acceptors (Lipinski definition) is 4. The summed E-state index contributed by atoms with van der Waals surface area (Å²) in [5.74, 6) is 0.580. The van der Waals surface area contributed by atoms with Crippen molar-refractivity contribution in [1.82, 2.24) is 20.0 Å². The molecule has 156 valence electrons. The van der Waals surface area contributed by atoms with E-state index in [1.807, 2.05) is 39.1 Å². The molecular formula is C22H31N5O2. The number of benzene rings is 1. The first kappa shape index (κ1) is 21.0. The smallest absolute Gasteiger partial charge is 0.238 e. The monoisotopic (exact) mass is 397 g/mol. The van der Waals surface area contributed by atoms with Crippen molar-refractivity contribution in [3.63, 3.8) is 0 Å². The Morgan fingerprint density at radius 2 is 1.97 bits per heavy atom. The minimum Gasteiger partial charge on any atom is -0.351 e. The Morgan fingerprint density at radius 3 is 2.62 bits per heavy atom. The molecule has 3 rings (SSSR count). The fourth-order valence-corrected chi connectivity index (χ4v) is 3.93. The summed E-state index contributed by atoms with van der Waals surface area (Å²) >= 11 is 0. The summed E-state index contributed by atoms with van der Waals surface area (Å²) in [4.78, 5) is 27.0. The summed E-state index contributed by atoms with van der Waals surface area (Å²) in [5, 5.41) is 10.2. The van der Waals surface area contributed by atoms with Gasteiger partial charge in [0.05, 0.1) is 18.4 Å². The Hall–Kier alpha value is -2.67. The number of nitrogens with one attached hydrogen (secondary N) is 2. The van der Waals surface area contributed by atoms with Gasteiger partial charge in [0.2, 0.25) is 11.8 Å². The fraction of sp³-hybridized carbons (Fsp3) is 0.500. The van der Waals surface area contributed by atoms with Crippen LogP contribution in [0.2, 0.25) is 0 Å². The predicted molar refractivity (Wildman–Crippen MR) is 113 cm³/mol. The highest BCUT2D eigenvalue weighted by Crippen LogP contribution is 2.28. The molecule has 2 amide bonds. The molecule has 0 bridgehead atoms. The molecule has 1 aromatic carbocycles. The van der Waals surface area contributed by atoms with E-state index in [0.29, 0.717) is 31.1 Å². The van der Waals surface area contributed by atoms with Gasteiger partial charge in [-0.25, -0.2) is 0 Å². The van der Waals surface area contributed by atoms with Gasteiger partial charge in [-0.05, 0) is 24.4 Å². The molecule has 0 radical (unpaired) electrons. The maximum atomic E-state index is 12.5. The van der Waals surface area contributed by atoms with Crippen molar-refractivity contribution < 1.29 is 9.59 Å². The van der Waals surface area contributed by atoms with Gasteiger partial charge in [-0.1, -0.05) is 44.2 Å². The van der Waals surface area contributed by atoms with Gasteiger partial charge in [-0.3, -0.25) is 19.2 Å². The molecule has 29 heavy (non-hydrogen) atoms. The molecule has 0 aliphatic carbocycles. The quantitative estimate of drug-likeness (QED) is 0.752. The predicted octanol–water partition coefficient (Wildman–Crippen LogP) is 2.38. The van der Waals surface area contributed by atoms with Gasteiger partial charge in [0.15, 0.2) is 0 Å². The number of anilines is 1. The van der Waals surface area contributed by atoms with E-state index >= 15 is 0 Å². The standard InChI is InChI=1S/C22H31N5O2/c1-16(2)11-21(28)25-20-14-27(10-9-19(20)17-7-5-4-6-8-17)15-22(29)24-18-12-23-26(3)13-18/h4-8,12-13,16,19-20H,9-11,14-15H2,1-3H3,(H,24,29)(H,25,28)/t19-,20-/m0/s1. The number of carbonyl (C=O) groups excluding carboxylic acids is 2. The first-order chi connectivity index (χ1) is 13.9. The third-order valence-electron chi connectivity index (χ3n) is 5.22. The van der Waals surface area contributed by atoms with E-state index in [9.17, 15) is 9.59 Å². The minimum absolute atomic E-state index is 0.0106. The molecule has 1 aliphatic heterocycles. The van der Waals surface area contributed by atoms with Gasteiger partial charge in [-0.15, -0.1) is 0 Å². The highest BCUT2D eigenvalue weighted by molar-refractivity contribution is 5.92. The summed E-state index contributed by atoms with van der Waals surface area (Å²) in [6.45, 7) is 5.86. The molecule has 1 aromatic heterocycles. The lowest BCUT2D eigenvalue weighted by Gasteiger charge is -2.39. The molecule has 1 aliphatic rings. The van der Waals surface area contributed by atoms with E-state index in [4.69, 9.17) is 0 Å². The summed E-state index contributed by atoms with van der Waals surface area (Å²) < 4.78 is 1.65. The van der Waals surface area contributed by atoms with Crippen LogP contribution in [-0.4, -0.2) is 52.2 Å². The van der Waals surface area contributed by atoms with Crippen molar-refractivity contribution in [3.05, 3.63) is 48.3 Å². The molecule has 2 heterocycles. The molecule has 7 nitrogen and oxygen atoms in total. The molecule has 7 heteroatoms. The molecule has 2 aromatic rings. The zero-order chi connectivity index (χ0) is 20.8. The van der Waals surface area contributed by atoms with Crippen molar-refractivity contribution in [2.24, 2.45) is 13.0 Å². The summed E-state index contributed by atoms with van der Waals surface area (Å²) in [7, 11) is 1.81. The van der Waals surface area contributed by atoms with Crippen molar-refractivity contribution in [2.45, 2.75) is 38.6 Å². The first-order valence-electron chi connectivity index (χ1n) is 10.3. The van der Waals surface area contributed by atoms with Crippen molar-refractivity contribution >= 4 is 17.5 Å². The van der Waals surface area contributed by atoms with Gasteiger partial charge >= 0.3 is 0 Å². The van der Waals surface area contributed by atoms with Crippen molar-refractivity contribution in [2.75, 3.05) is 25.0 Å². The second kappa shape index (κ2) is 9.69. The number of aryl methyl sites for hydroxylation is 1. The molecule has 0 saturated carbocycles. The lowest BCUT2D eigenvalue weighted by atomic mass is 9.85. The van der Waals surface area contributed by atoms with E-state index < -0.39 is 0 Å². The van der Waals surface area contributed by atoms with E-state index in [1.165, 1.54) is 5.56 Å². The van der Waals surface area contributed by atoms with Gasteiger partial charge in [0.1, 0.15) is 0 Å². The normalized spacial score (nSPS) is 19.9. The van der Waals surface area contributed by atoms with Gasteiger partial charge in [0, 0.05) is 38.2 Å². The SMILES string of the molecule is CC(C)CC(=O)N[C@H]1CN(CC(=O)Nc2cnn(C)c2)CC[C@H]1c1ccccc1. The topological polar surface area (TPSA) is 79.3 Å². The number of piperidine rings is 1. The largest absolute Gasteiger partial charge is 0.351 e. The summed E-state index contributed by atoms with van der Waals surface area (Å²) in [6, 6.07) is 10.3. The molecule has 2 atom stereocenters. The number of aromatic nitrogens is 2. The molecular weight excluding hydrogens is 366 g/mol. The number of carbonyl (C=O) groups is 2. The molecule has 1 saturated heterocycles. The van der Waals surface area contributed by atoms with E-state index in [1.54, 1.807) is 17.1 Å². The third kappa shape index (κ3) is 6.15. The van der Waals surface area contributed by atoms with Crippen LogP contribution in [0, 0.1) is 5.92 Å². The van der Waals surface area contributed by atoms with Crippen LogP contribution in [0.25, 0.3) is 0 Å². The highest BCUT2D eigenvalue weighted by Gasteiger charge is 2.32. The Bertz CT molecular complexity index is 818. The van der Waals surface area contributed by atoms with Crippen LogP contribution < -0.4 is 10.6 Å². The average Bonchev–Trinajstić information content (AvgIpc) is 3.06.